The van der Waals surface area contributed by atoms with E-state index in [1.165, 1.54) is 11.1 Å². The van der Waals surface area contributed by atoms with E-state index in [4.69, 9.17) is 15.2 Å². The van der Waals surface area contributed by atoms with Gasteiger partial charge in [0.1, 0.15) is 23.7 Å². The van der Waals surface area contributed by atoms with E-state index in [0.29, 0.717) is 0 Å². The zero-order valence-corrected chi connectivity index (χ0v) is 12.5. The van der Waals surface area contributed by atoms with Crippen LogP contribution in [-0.2, 0) is 12.8 Å². The Morgan fingerprint density at radius 2 is 1.67 bits per heavy atom. The first-order valence-electron chi connectivity index (χ1n) is 6.45. The highest BCUT2D eigenvalue weighted by atomic mass is 79.9. The third kappa shape index (κ3) is 1.66. The molecule has 18 heavy (non-hydrogen) atoms. The number of halogens is 1. The van der Waals surface area contributed by atoms with Crippen molar-refractivity contribution in [2.24, 2.45) is 5.73 Å². The molecule has 0 amide bonds. The van der Waals surface area contributed by atoms with E-state index in [0.717, 1.165) is 34.4 Å². The van der Waals surface area contributed by atoms with Crippen molar-refractivity contribution in [3.63, 3.8) is 0 Å². The van der Waals surface area contributed by atoms with Gasteiger partial charge in [-0.15, -0.1) is 0 Å². The molecule has 3 rings (SSSR count). The topological polar surface area (TPSA) is 44.5 Å². The number of fused-ring (bicyclic) bond motifs is 2. The molecule has 0 saturated carbocycles. The van der Waals surface area contributed by atoms with Gasteiger partial charge in [0, 0.05) is 35.6 Å². The molecule has 4 heteroatoms. The van der Waals surface area contributed by atoms with Crippen LogP contribution in [0.2, 0.25) is 0 Å². The quantitative estimate of drug-likeness (QED) is 0.866. The molecular formula is C14H18BrNO2. The maximum atomic E-state index is 6.15. The maximum Gasteiger partial charge on any atom is 0.138 e. The summed E-state index contributed by atoms with van der Waals surface area (Å²) < 4.78 is 13.0. The normalized spacial score (nSPS) is 26.3. The summed E-state index contributed by atoms with van der Waals surface area (Å²) in [7, 11) is 0. The van der Waals surface area contributed by atoms with Gasteiger partial charge in [0.05, 0.1) is 4.47 Å². The van der Waals surface area contributed by atoms with Crippen LogP contribution in [-0.4, -0.2) is 12.2 Å². The molecule has 1 aromatic rings. The highest BCUT2D eigenvalue weighted by molar-refractivity contribution is 9.10. The minimum atomic E-state index is -0.0280. The van der Waals surface area contributed by atoms with Gasteiger partial charge < -0.3 is 15.2 Å². The zero-order valence-electron chi connectivity index (χ0n) is 10.9. The fraction of sp³-hybridized carbons (Fsp3) is 0.571. The Hall–Kier alpha value is -0.740. The van der Waals surface area contributed by atoms with Gasteiger partial charge in [-0.1, -0.05) is 0 Å². The number of hydrogen-bond donors (Lipinski definition) is 1. The Morgan fingerprint density at radius 3 is 2.28 bits per heavy atom. The lowest BCUT2D eigenvalue weighted by molar-refractivity contribution is 0.251. The van der Waals surface area contributed by atoms with Crippen LogP contribution in [0.4, 0.5) is 0 Å². The maximum absolute atomic E-state index is 6.15. The SMILES string of the molecule is CC1Cc2c(c(Br)c3c(c2C(C)N)OC(C)C3)O1. The molecule has 0 bridgehead atoms. The molecule has 3 unspecified atom stereocenters. The summed E-state index contributed by atoms with van der Waals surface area (Å²) in [5, 5.41) is 0. The fourth-order valence-corrected chi connectivity index (χ4v) is 3.65. The summed E-state index contributed by atoms with van der Waals surface area (Å²) in [5.41, 5.74) is 9.72. The Labute approximate surface area is 116 Å². The highest BCUT2D eigenvalue weighted by Gasteiger charge is 2.35. The van der Waals surface area contributed by atoms with E-state index in [1.54, 1.807) is 0 Å². The van der Waals surface area contributed by atoms with Crippen molar-refractivity contribution < 1.29 is 9.47 Å². The Balaban J connectivity index is 2.26. The lowest BCUT2D eigenvalue weighted by Gasteiger charge is -2.17. The van der Waals surface area contributed by atoms with E-state index in [-0.39, 0.29) is 18.2 Å². The molecular weight excluding hydrogens is 294 g/mol. The zero-order chi connectivity index (χ0) is 13.0. The predicted octanol–water partition coefficient (Wildman–Crippen LogP) is 3.12. The van der Waals surface area contributed by atoms with Crippen molar-refractivity contribution in [3.8, 4) is 11.5 Å². The molecule has 98 valence electrons. The van der Waals surface area contributed by atoms with Gasteiger partial charge in [0.2, 0.25) is 0 Å². The minimum absolute atomic E-state index is 0.0280. The summed E-state index contributed by atoms with van der Waals surface area (Å²) in [6, 6.07) is -0.0280. The van der Waals surface area contributed by atoms with Crippen LogP contribution in [0.1, 0.15) is 43.5 Å². The largest absolute Gasteiger partial charge is 0.490 e. The first-order valence-corrected chi connectivity index (χ1v) is 7.24. The second-order valence-electron chi connectivity index (χ2n) is 5.40. The van der Waals surface area contributed by atoms with E-state index in [9.17, 15) is 0 Å². The van der Waals surface area contributed by atoms with E-state index < -0.39 is 0 Å². The van der Waals surface area contributed by atoms with E-state index in [2.05, 4.69) is 29.8 Å². The molecule has 3 nitrogen and oxygen atoms in total. The number of nitrogens with two attached hydrogens (primary N) is 1. The average molecular weight is 312 g/mol. The summed E-state index contributed by atoms with van der Waals surface area (Å²) in [6.45, 7) is 6.19. The van der Waals surface area contributed by atoms with Gasteiger partial charge >= 0.3 is 0 Å². The highest BCUT2D eigenvalue weighted by Crippen LogP contribution is 2.50. The molecule has 2 aliphatic rings. The molecule has 0 radical (unpaired) electrons. The lowest BCUT2D eigenvalue weighted by atomic mass is 9.94. The van der Waals surface area contributed by atoms with Gasteiger partial charge in [-0.05, 0) is 36.7 Å². The monoisotopic (exact) mass is 311 g/mol. The van der Waals surface area contributed by atoms with Crippen LogP contribution in [0, 0.1) is 0 Å². The Morgan fingerprint density at radius 1 is 1.11 bits per heavy atom. The van der Waals surface area contributed by atoms with Crippen molar-refractivity contribution >= 4 is 15.9 Å². The van der Waals surface area contributed by atoms with Gasteiger partial charge in [0.15, 0.2) is 0 Å². The average Bonchev–Trinajstić information content (AvgIpc) is 2.81. The molecule has 0 aliphatic carbocycles. The molecule has 0 spiro atoms. The molecule has 2 N–H and O–H groups in total. The second-order valence-corrected chi connectivity index (χ2v) is 6.19. The third-order valence-corrected chi connectivity index (χ3v) is 4.50. The predicted molar refractivity (Wildman–Crippen MR) is 74.3 cm³/mol. The van der Waals surface area contributed by atoms with Gasteiger partial charge in [-0.3, -0.25) is 0 Å². The van der Waals surface area contributed by atoms with Crippen LogP contribution in [0.3, 0.4) is 0 Å². The molecule has 0 fully saturated rings. The van der Waals surface area contributed by atoms with Crippen molar-refractivity contribution in [1.29, 1.82) is 0 Å². The first-order chi connectivity index (χ1) is 8.49. The smallest absolute Gasteiger partial charge is 0.138 e. The fourth-order valence-electron chi connectivity index (χ4n) is 2.98. The van der Waals surface area contributed by atoms with Crippen molar-refractivity contribution in [2.75, 3.05) is 0 Å². The minimum Gasteiger partial charge on any atom is -0.490 e. The van der Waals surface area contributed by atoms with Crippen molar-refractivity contribution in [2.45, 2.75) is 51.9 Å². The van der Waals surface area contributed by atoms with Gasteiger partial charge in [-0.2, -0.15) is 0 Å². The van der Waals surface area contributed by atoms with Gasteiger partial charge in [0.25, 0.3) is 0 Å². The van der Waals surface area contributed by atoms with Crippen LogP contribution in [0.15, 0.2) is 4.47 Å². The molecule has 2 aliphatic heterocycles. The Bertz CT molecular complexity index is 474. The molecule has 3 atom stereocenters. The van der Waals surface area contributed by atoms with Crippen molar-refractivity contribution in [3.05, 3.63) is 21.2 Å². The molecule has 0 aromatic heterocycles. The number of hydrogen-bond acceptors (Lipinski definition) is 3. The van der Waals surface area contributed by atoms with Gasteiger partial charge in [-0.25, -0.2) is 0 Å². The number of ether oxygens (including phenoxy) is 2. The van der Waals surface area contributed by atoms with E-state index in [1.807, 2.05) is 6.92 Å². The lowest BCUT2D eigenvalue weighted by Crippen LogP contribution is -2.12. The number of rotatable bonds is 1. The van der Waals surface area contributed by atoms with E-state index >= 15 is 0 Å². The van der Waals surface area contributed by atoms with Crippen LogP contribution < -0.4 is 15.2 Å². The number of benzene rings is 1. The summed E-state index contributed by atoms with van der Waals surface area (Å²) in [5.74, 6) is 1.96. The molecule has 1 aromatic carbocycles. The van der Waals surface area contributed by atoms with Crippen LogP contribution in [0.25, 0.3) is 0 Å². The standard InChI is InChI=1S/C14H18BrNO2/c1-6-4-9-11(8(3)16)13-10(5-7(2)17-13)12(15)14(9)18-6/h6-8H,4-5,16H2,1-3H3. The first kappa shape index (κ1) is 12.3. The third-order valence-electron chi connectivity index (χ3n) is 3.66. The van der Waals surface area contributed by atoms with Crippen LogP contribution in [0.5, 0.6) is 11.5 Å². The van der Waals surface area contributed by atoms with Crippen LogP contribution >= 0.6 is 15.9 Å². The summed E-state index contributed by atoms with van der Waals surface area (Å²) >= 11 is 3.68. The summed E-state index contributed by atoms with van der Waals surface area (Å²) in [4.78, 5) is 0. The Kier molecular flexibility index (Phi) is 2.83. The van der Waals surface area contributed by atoms with Crippen molar-refractivity contribution in [1.82, 2.24) is 0 Å². The molecule has 2 heterocycles. The summed E-state index contributed by atoms with van der Waals surface area (Å²) in [6.07, 6.45) is 2.26. The molecule has 0 saturated heterocycles. The second kappa shape index (κ2) is 4.14.